The van der Waals surface area contributed by atoms with Crippen LogP contribution in [0.3, 0.4) is 0 Å². The number of carbonyl (C=O) groups is 1. The smallest absolute Gasteiger partial charge is 0.307 e. The van der Waals surface area contributed by atoms with Crippen LogP contribution in [-0.2, 0) is 4.79 Å². The van der Waals surface area contributed by atoms with Crippen molar-refractivity contribution in [3.63, 3.8) is 0 Å². The Morgan fingerprint density at radius 2 is 2.24 bits per heavy atom. The van der Waals surface area contributed by atoms with Crippen LogP contribution in [0.25, 0.3) is 0 Å². The molecule has 0 radical (unpaired) electrons. The van der Waals surface area contributed by atoms with E-state index in [2.05, 4.69) is 5.32 Å². The molecule has 0 spiro atoms. The highest BCUT2D eigenvalue weighted by molar-refractivity contribution is 6.32. The van der Waals surface area contributed by atoms with Crippen molar-refractivity contribution in [2.75, 3.05) is 6.54 Å². The molecule has 1 aromatic carbocycles. The molecule has 0 amide bonds. The number of aryl methyl sites for hydroxylation is 1. The van der Waals surface area contributed by atoms with Gasteiger partial charge in [0.05, 0.1) is 10.9 Å². The minimum absolute atomic E-state index is 0.0511. The molecule has 92 valence electrons. The number of benzene rings is 1. The van der Waals surface area contributed by atoms with Gasteiger partial charge in [-0.3, -0.25) is 4.79 Å². The first-order valence-electron chi connectivity index (χ1n) is 5.45. The molecule has 1 aliphatic rings. The SMILES string of the molecule is Cc1ccc(Cl)c(O)c1C1CC(C(=O)O)CN1. The van der Waals surface area contributed by atoms with Crippen LogP contribution in [0, 0.1) is 12.8 Å². The summed E-state index contributed by atoms with van der Waals surface area (Å²) in [7, 11) is 0. The summed E-state index contributed by atoms with van der Waals surface area (Å²) in [5, 5.41) is 22.3. The molecule has 1 aliphatic heterocycles. The number of hydrogen-bond acceptors (Lipinski definition) is 3. The van der Waals surface area contributed by atoms with Gasteiger partial charge in [-0.25, -0.2) is 0 Å². The van der Waals surface area contributed by atoms with Crippen molar-refractivity contribution in [3.05, 3.63) is 28.3 Å². The highest BCUT2D eigenvalue weighted by Gasteiger charge is 2.32. The van der Waals surface area contributed by atoms with E-state index < -0.39 is 11.9 Å². The number of nitrogens with one attached hydrogen (secondary N) is 1. The van der Waals surface area contributed by atoms with Gasteiger partial charge in [0.2, 0.25) is 0 Å². The Kier molecular flexibility index (Phi) is 3.26. The topological polar surface area (TPSA) is 69.6 Å². The molecule has 0 aliphatic carbocycles. The van der Waals surface area contributed by atoms with E-state index in [0.29, 0.717) is 23.6 Å². The number of carboxylic acids is 1. The van der Waals surface area contributed by atoms with Crippen LogP contribution in [0.15, 0.2) is 12.1 Å². The lowest BCUT2D eigenvalue weighted by Gasteiger charge is -2.16. The predicted molar refractivity (Wildman–Crippen MR) is 64.3 cm³/mol. The number of carboxylic acid groups (broad SMARTS) is 1. The molecular formula is C12H14ClNO3. The Bertz CT molecular complexity index is 461. The highest BCUT2D eigenvalue weighted by atomic mass is 35.5. The van der Waals surface area contributed by atoms with Crippen LogP contribution in [0.2, 0.25) is 5.02 Å². The van der Waals surface area contributed by atoms with E-state index in [0.717, 1.165) is 5.56 Å². The van der Waals surface area contributed by atoms with Crippen molar-refractivity contribution >= 4 is 17.6 Å². The largest absolute Gasteiger partial charge is 0.506 e. The Hall–Kier alpha value is -1.26. The number of aliphatic carboxylic acids is 1. The number of rotatable bonds is 2. The Morgan fingerprint density at radius 1 is 1.53 bits per heavy atom. The Labute approximate surface area is 104 Å². The summed E-state index contributed by atoms with van der Waals surface area (Å²) in [6.07, 6.45) is 0.476. The van der Waals surface area contributed by atoms with Gasteiger partial charge in [-0.2, -0.15) is 0 Å². The fourth-order valence-corrected chi connectivity index (χ4v) is 2.43. The van der Waals surface area contributed by atoms with Crippen molar-refractivity contribution in [1.82, 2.24) is 5.32 Å². The van der Waals surface area contributed by atoms with E-state index in [-0.39, 0.29) is 11.8 Å². The van der Waals surface area contributed by atoms with Crippen molar-refractivity contribution in [2.45, 2.75) is 19.4 Å². The van der Waals surface area contributed by atoms with E-state index in [1.807, 2.05) is 13.0 Å². The number of halogens is 1. The number of phenols is 1. The number of phenolic OH excluding ortho intramolecular Hbond substituents is 1. The summed E-state index contributed by atoms with van der Waals surface area (Å²) in [5.41, 5.74) is 1.62. The fraction of sp³-hybridized carbons (Fsp3) is 0.417. The molecule has 1 saturated heterocycles. The minimum Gasteiger partial charge on any atom is -0.506 e. The van der Waals surface area contributed by atoms with Gasteiger partial charge in [0.1, 0.15) is 5.75 Å². The lowest BCUT2D eigenvalue weighted by Crippen LogP contribution is -2.17. The predicted octanol–water partition coefficient (Wildman–Crippen LogP) is 2.09. The zero-order valence-electron chi connectivity index (χ0n) is 9.40. The summed E-state index contributed by atoms with van der Waals surface area (Å²) < 4.78 is 0. The normalized spacial score (nSPS) is 23.9. The van der Waals surface area contributed by atoms with Gasteiger partial charge in [-0.05, 0) is 25.0 Å². The van der Waals surface area contributed by atoms with E-state index in [4.69, 9.17) is 16.7 Å². The van der Waals surface area contributed by atoms with Crippen LogP contribution >= 0.6 is 11.6 Å². The molecule has 2 rings (SSSR count). The van der Waals surface area contributed by atoms with E-state index in [1.165, 1.54) is 0 Å². The van der Waals surface area contributed by atoms with E-state index in [1.54, 1.807) is 6.07 Å². The summed E-state index contributed by atoms with van der Waals surface area (Å²) >= 11 is 5.87. The lowest BCUT2D eigenvalue weighted by molar-refractivity contribution is -0.141. The first kappa shape index (κ1) is 12.2. The maximum absolute atomic E-state index is 10.9. The van der Waals surface area contributed by atoms with Crippen LogP contribution in [0.1, 0.15) is 23.6 Å². The second-order valence-electron chi connectivity index (χ2n) is 4.36. The third-order valence-corrected chi connectivity index (χ3v) is 3.52. The van der Waals surface area contributed by atoms with Gasteiger partial charge >= 0.3 is 5.97 Å². The Balaban J connectivity index is 2.30. The fourth-order valence-electron chi connectivity index (χ4n) is 2.27. The molecule has 1 aromatic rings. The van der Waals surface area contributed by atoms with Crippen LogP contribution in [0.4, 0.5) is 0 Å². The van der Waals surface area contributed by atoms with Gasteiger partial charge in [-0.15, -0.1) is 0 Å². The molecule has 2 atom stereocenters. The average Bonchev–Trinajstić information content (AvgIpc) is 2.73. The molecule has 3 N–H and O–H groups in total. The number of aromatic hydroxyl groups is 1. The summed E-state index contributed by atoms with van der Waals surface area (Å²) in [5.74, 6) is -1.16. The molecule has 0 bridgehead atoms. The van der Waals surface area contributed by atoms with Crippen molar-refractivity contribution in [3.8, 4) is 5.75 Å². The maximum Gasteiger partial charge on any atom is 0.307 e. The van der Waals surface area contributed by atoms with Gasteiger partial charge in [0, 0.05) is 18.2 Å². The van der Waals surface area contributed by atoms with Crippen molar-refractivity contribution < 1.29 is 15.0 Å². The third kappa shape index (κ3) is 2.23. The second-order valence-corrected chi connectivity index (χ2v) is 4.77. The minimum atomic E-state index is -0.806. The monoisotopic (exact) mass is 255 g/mol. The molecule has 2 unspecified atom stereocenters. The summed E-state index contributed by atoms with van der Waals surface area (Å²) in [6, 6.07) is 3.32. The molecule has 17 heavy (non-hydrogen) atoms. The van der Waals surface area contributed by atoms with E-state index in [9.17, 15) is 9.90 Å². The zero-order valence-corrected chi connectivity index (χ0v) is 10.2. The van der Waals surface area contributed by atoms with Crippen LogP contribution < -0.4 is 5.32 Å². The van der Waals surface area contributed by atoms with Crippen LogP contribution in [0.5, 0.6) is 5.75 Å². The van der Waals surface area contributed by atoms with Crippen molar-refractivity contribution in [1.29, 1.82) is 0 Å². The van der Waals surface area contributed by atoms with Gasteiger partial charge in [0.25, 0.3) is 0 Å². The molecular weight excluding hydrogens is 242 g/mol. The highest BCUT2D eigenvalue weighted by Crippen LogP contribution is 2.38. The van der Waals surface area contributed by atoms with Crippen LogP contribution in [-0.4, -0.2) is 22.7 Å². The zero-order chi connectivity index (χ0) is 12.6. The molecule has 1 heterocycles. The quantitative estimate of drug-likeness (QED) is 0.757. The first-order chi connectivity index (χ1) is 8.00. The summed E-state index contributed by atoms with van der Waals surface area (Å²) in [4.78, 5) is 10.9. The second kappa shape index (κ2) is 4.55. The molecule has 1 fully saturated rings. The molecule has 4 nitrogen and oxygen atoms in total. The lowest BCUT2D eigenvalue weighted by atomic mass is 9.96. The standard InChI is InChI=1S/C12H14ClNO3/c1-6-2-3-8(13)11(15)10(6)9-4-7(5-14-9)12(16)17/h2-3,7,9,14-15H,4-5H2,1H3,(H,16,17). The van der Waals surface area contributed by atoms with Gasteiger partial charge in [-0.1, -0.05) is 17.7 Å². The first-order valence-corrected chi connectivity index (χ1v) is 5.82. The van der Waals surface area contributed by atoms with Crippen molar-refractivity contribution in [2.24, 2.45) is 5.92 Å². The average molecular weight is 256 g/mol. The van der Waals surface area contributed by atoms with E-state index >= 15 is 0 Å². The van der Waals surface area contributed by atoms with Gasteiger partial charge in [0.15, 0.2) is 0 Å². The Morgan fingerprint density at radius 3 is 2.82 bits per heavy atom. The third-order valence-electron chi connectivity index (χ3n) is 3.21. The molecule has 0 aromatic heterocycles. The molecule has 0 saturated carbocycles. The van der Waals surface area contributed by atoms with Gasteiger partial charge < -0.3 is 15.5 Å². The maximum atomic E-state index is 10.9. The summed E-state index contributed by atoms with van der Waals surface area (Å²) in [6.45, 7) is 2.30. The number of hydrogen-bond donors (Lipinski definition) is 3. The molecule has 5 heteroatoms.